The highest BCUT2D eigenvalue weighted by Gasteiger charge is 2.21. The smallest absolute Gasteiger partial charge is 0.224 e. The van der Waals surface area contributed by atoms with E-state index in [0.29, 0.717) is 6.54 Å². The number of rotatable bonds is 6. The number of nitrogens with one attached hydrogen (secondary N) is 2. The molecule has 0 saturated carbocycles. The Bertz CT molecular complexity index is 451. The molecule has 2 N–H and O–H groups in total. The van der Waals surface area contributed by atoms with Crippen LogP contribution in [0.15, 0.2) is 24.3 Å². The van der Waals surface area contributed by atoms with Gasteiger partial charge >= 0.3 is 0 Å². The van der Waals surface area contributed by atoms with Crippen LogP contribution in [0.4, 0.5) is 5.69 Å². The standard InChI is InChI=1S/C16H25N3O.2ClH/c1-3-19(15-7-5-4-6-13(15)2)11-10-18-16(20)14-8-9-17-12-14;;/h4-7,14,17H,3,8-12H2,1-2H3,(H,18,20);2*1H. The zero-order valence-corrected chi connectivity index (χ0v) is 14.9. The number of halogens is 2. The van der Waals surface area contributed by atoms with E-state index in [9.17, 15) is 4.79 Å². The minimum Gasteiger partial charge on any atom is -0.370 e. The van der Waals surface area contributed by atoms with Gasteiger partial charge in [0.25, 0.3) is 0 Å². The Hall–Kier alpha value is -0.970. The van der Waals surface area contributed by atoms with E-state index in [2.05, 4.69) is 53.6 Å². The van der Waals surface area contributed by atoms with Gasteiger partial charge in [-0.1, -0.05) is 18.2 Å². The number of para-hydroxylation sites is 1. The summed E-state index contributed by atoms with van der Waals surface area (Å²) in [5.41, 5.74) is 2.53. The molecule has 1 aliphatic heterocycles. The van der Waals surface area contributed by atoms with Gasteiger partial charge in [-0.3, -0.25) is 4.79 Å². The zero-order chi connectivity index (χ0) is 14.4. The predicted octanol–water partition coefficient (Wildman–Crippen LogP) is 2.39. The van der Waals surface area contributed by atoms with Gasteiger partial charge in [-0.2, -0.15) is 0 Å². The molecule has 1 saturated heterocycles. The monoisotopic (exact) mass is 347 g/mol. The van der Waals surface area contributed by atoms with Crippen LogP contribution in [0.5, 0.6) is 0 Å². The molecule has 1 heterocycles. The second kappa shape index (κ2) is 10.7. The Morgan fingerprint density at radius 1 is 1.36 bits per heavy atom. The van der Waals surface area contributed by atoms with Crippen LogP contribution >= 0.6 is 24.8 Å². The molecule has 1 fully saturated rings. The highest BCUT2D eigenvalue weighted by atomic mass is 35.5. The molecule has 1 atom stereocenters. The summed E-state index contributed by atoms with van der Waals surface area (Å²) in [4.78, 5) is 14.3. The molecule has 0 aromatic heterocycles. The van der Waals surface area contributed by atoms with Crippen LogP contribution in [-0.2, 0) is 4.79 Å². The van der Waals surface area contributed by atoms with E-state index in [1.165, 1.54) is 11.3 Å². The van der Waals surface area contributed by atoms with Crippen LogP contribution in [0.1, 0.15) is 18.9 Å². The maximum Gasteiger partial charge on any atom is 0.224 e. The Morgan fingerprint density at radius 2 is 2.09 bits per heavy atom. The third kappa shape index (κ3) is 5.67. The minimum absolute atomic E-state index is 0. The lowest BCUT2D eigenvalue weighted by atomic mass is 10.1. The van der Waals surface area contributed by atoms with Crippen LogP contribution in [0.2, 0.25) is 0 Å². The van der Waals surface area contributed by atoms with Crippen molar-refractivity contribution in [1.29, 1.82) is 0 Å². The van der Waals surface area contributed by atoms with Gasteiger partial charge in [0, 0.05) is 31.9 Å². The molecule has 1 amide bonds. The number of carbonyl (C=O) groups is 1. The summed E-state index contributed by atoms with van der Waals surface area (Å²) in [6.07, 6.45) is 0.959. The number of likely N-dealkylation sites (N-methyl/N-ethyl adjacent to an activating group) is 1. The number of amides is 1. The van der Waals surface area contributed by atoms with Gasteiger partial charge in [0.1, 0.15) is 0 Å². The molecule has 0 aliphatic carbocycles. The van der Waals surface area contributed by atoms with Gasteiger partial charge < -0.3 is 15.5 Å². The second-order valence-electron chi connectivity index (χ2n) is 5.35. The topological polar surface area (TPSA) is 44.4 Å². The van der Waals surface area contributed by atoms with Gasteiger partial charge in [-0.25, -0.2) is 0 Å². The van der Waals surface area contributed by atoms with E-state index < -0.39 is 0 Å². The van der Waals surface area contributed by atoms with Crippen molar-refractivity contribution >= 4 is 36.4 Å². The van der Waals surface area contributed by atoms with Crippen molar-refractivity contribution in [3.8, 4) is 0 Å². The number of carbonyl (C=O) groups excluding carboxylic acids is 1. The molecule has 1 aromatic carbocycles. The first kappa shape index (κ1) is 21.0. The number of aryl methyl sites for hydroxylation is 1. The van der Waals surface area contributed by atoms with Gasteiger partial charge in [0.05, 0.1) is 5.92 Å². The lowest BCUT2D eigenvalue weighted by molar-refractivity contribution is -0.124. The number of hydrogen-bond acceptors (Lipinski definition) is 3. The molecule has 0 spiro atoms. The summed E-state index contributed by atoms with van der Waals surface area (Å²) in [5, 5.41) is 6.28. The first-order valence-corrected chi connectivity index (χ1v) is 7.51. The van der Waals surface area contributed by atoms with E-state index in [0.717, 1.165) is 32.6 Å². The van der Waals surface area contributed by atoms with E-state index >= 15 is 0 Å². The number of anilines is 1. The van der Waals surface area contributed by atoms with E-state index in [1.54, 1.807) is 0 Å². The van der Waals surface area contributed by atoms with E-state index in [1.807, 2.05) is 0 Å². The summed E-state index contributed by atoms with van der Waals surface area (Å²) in [5.74, 6) is 0.347. The van der Waals surface area contributed by atoms with Crippen LogP contribution in [0.3, 0.4) is 0 Å². The largest absolute Gasteiger partial charge is 0.370 e. The molecule has 1 unspecified atom stereocenters. The zero-order valence-electron chi connectivity index (χ0n) is 13.3. The first-order valence-electron chi connectivity index (χ1n) is 7.51. The SMILES string of the molecule is CCN(CCNC(=O)C1CCNC1)c1ccccc1C.Cl.Cl. The van der Waals surface area contributed by atoms with Gasteiger partial charge in [0.15, 0.2) is 0 Å². The number of benzene rings is 1. The van der Waals surface area contributed by atoms with Crippen molar-refractivity contribution in [2.45, 2.75) is 20.3 Å². The fraction of sp³-hybridized carbons (Fsp3) is 0.562. The van der Waals surface area contributed by atoms with E-state index in [-0.39, 0.29) is 36.6 Å². The summed E-state index contributed by atoms with van der Waals surface area (Å²) >= 11 is 0. The molecule has 2 rings (SSSR count). The summed E-state index contributed by atoms with van der Waals surface area (Å²) in [7, 11) is 0. The van der Waals surface area contributed by atoms with Crippen molar-refractivity contribution in [1.82, 2.24) is 10.6 Å². The van der Waals surface area contributed by atoms with Gasteiger partial charge in [-0.05, 0) is 38.4 Å². The summed E-state index contributed by atoms with van der Waals surface area (Å²) in [6, 6.07) is 8.39. The fourth-order valence-corrected chi connectivity index (χ4v) is 2.70. The third-order valence-corrected chi connectivity index (χ3v) is 3.95. The van der Waals surface area contributed by atoms with Crippen LogP contribution in [0.25, 0.3) is 0 Å². The first-order chi connectivity index (χ1) is 9.72. The van der Waals surface area contributed by atoms with Crippen LogP contribution in [-0.4, -0.2) is 38.6 Å². The van der Waals surface area contributed by atoms with Crippen molar-refractivity contribution in [3.05, 3.63) is 29.8 Å². The average molecular weight is 348 g/mol. The quantitative estimate of drug-likeness (QED) is 0.830. The van der Waals surface area contributed by atoms with E-state index in [4.69, 9.17) is 0 Å². The number of hydrogen-bond donors (Lipinski definition) is 2. The maximum atomic E-state index is 11.9. The molecule has 0 bridgehead atoms. The molecule has 1 aliphatic rings. The predicted molar refractivity (Wildman–Crippen MR) is 97.5 cm³/mol. The molecule has 4 nitrogen and oxygen atoms in total. The third-order valence-electron chi connectivity index (χ3n) is 3.95. The van der Waals surface area contributed by atoms with Crippen molar-refractivity contribution in [2.75, 3.05) is 37.6 Å². The molecule has 1 aromatic rings. The van der Waals surface area contributed by atoms with Crippen molar-refractivity contribution in [2.24, 2.45) is 5.92 Å². The van der Waals surface area contributed by atoms with Gasteiger partial charge in [-0.15, -0.1) is 24.8 Å². The highest BCUT2D eigenvalue weighted by molar-refractivity contribution is 5.85. The average Bonchev–Trinajstić information content (AvgIpc) is 2.99. The normalized spacial score (nSPS) is 16.4. The van der Waals surface area contributed by atoms with Crippen LogP contribution < -0.4 is 15.5 Å². The lowest BCUT2D eigenvalue weighted by Gasteiger charge is -2.25. The van der Waals surface area contributed by atoms with Gasteiger partial charge in [0.2, 0.25) is 5.91 Å². The molecule has 0 radical (unpaired) electrons. The molecule has 22 heavy (non-hydrogen) atoms. The lowest BCUT2D eigenvalue weighted by Crippen LogP contribution is -2.38. The minimum atomic E-state index is 0. The Morgan fingerprint density at radius 3 is 2.68 bits per heavy atom. The Labute approximate surface area is 145 Å². The van der Waals surface area contributed by atoms with Crippen molar-refractivity contribution < 1.29 is 4.79 Å². The Kier molecular flexibility index (Phi) is 10.2. The molecular weight excluding hydrogens is 321 g/mol. The summed E-state index contributed by atoms with van der Waals surface area (Å²) < 4.78 is 0. The molecule has 6 heteroatoms. The fourth-order valence-electron chi connectivity index (χ4n) is 2.70. The number of nitrogens with zero attached hydrogens (tertiary/aromatic N) is 1. The maximum absolute atomic E-state index is 11.9. The highest BCUT2D eigenvalue weighted by Crippen LogP contribution is 2.18. The molecule has 126 valence electrons. The second-order valence-corrected chi connectivity index (χ2v) is 5.35. The summed E-state index contributed by atoms with van der Waals surface area (Å²) in [6.45, 7) is 8.57. The van der Waals surface area contributed by atoms with Crippen LogP contribution in [0, 0.1) is 12.8 Å². The van der Waals surface area contributed by atoms with Crippen molar-refractivity contribution in [3.63, 3.8) is 0 Å². The molecular formula is C16H27Cl2N3O. The Balaban J connectivity index is 0.00000220.